The highest BCUT2D eigenvalue weighted by Crippen LogP contribution is 2.18. The van der Waals surface area contributed by atoms with Crippen LogP contribution in [0.15, 0.2) is 53.9 Å². The van der Waals surface area contributed by atoms with Crippen molar-refractivity contribution in [2.24, 2.45) is 0 Å². The lowest BCUT2D eigenvalue weighted by Gasteiger charge is -2.09. The van der Waals surface area contributed by atoms with Crippen molar-refractivity contribution in [3.63, 3.8) is 0 Å². The molecule has 2 heterocycles. The van der Waals surface area contributed by atoms with Crippen LogP contribution in [0.4, 0.5) is 10.1 Å². The number of aryl methyl sites for hydroxylation is 1. The first-order chi connectivity index (χ1) is 11.1. The normalized spacial score (nSPS) is 10.7. The summed E-state index contributed by atoms with van der Waals surface area (Å²) < 4.78 is 17.1. The molecular weight excluding hydrogens is 317 g/mol. The number of nitrogens with one attached hydrogen (secondary N) is 1. The number of rotatable bonds is 5. The smallest absolute Gasteiger partial charge is 0.234 e. The number of para-hydroxylation sites is 1. The van der Waals surface area contributed by atoms with Gasteiger partial charge in [0.2, 0.25) is 11.1 Å². The van der Waals surface area contributed by atoms with E-state index in [0.717, 1.165) is 0 Å². The molecule has 0 unspecified atom stereocenters. The number of hydrogen-bond donors (Lipinski definition) is 1. The molecule has 2 aromatic heterocycles. The van der Waals surface area contributed by atoms with Crippen molar-refractivity contribution in [3.05, 3.63) is 60.4 Å². The molecule has 1 N–H and O–H groups in total. The second kappa shape index (κ2) is 6.66. The number of anilines is 1. The van der Waals surface area contributed by atoms with Gasteiger partial charge >= 0.3 is 0 Å². The average Bonchev–Trinajstić information content (AvgIpc) is 3.17. The van der Waals surface area contributed by atoms with E-state index in [1.807, 2.05) is 36.1 Å². The molecule has 3 aromatic rings. The van der Waals surface area contributed by atoms with E-state index in [0.29, 0.717) is 11.0 Å². The molecule has 0 bridgehead atoms. The Morgan fingerprint density at radius 1 is 1.22 bits per heavy atom. The van der Waals surface area contributed by atoms with Crippen LogP contribution < -0.4 is 5.32 Å². The van der Waals surface area contributed by atoms with Gasteiger partial charge in [0.1, 0.15) is 5.82 Å². The monoisotopic (exact) mass is 331 g/mol. The van der Waals surface area contributed by atoms with Gasteiger partial charge in [-0.05, 0) is 31.2 Å². The van der Waals surface area contributed by atoms with Gasteiger partial charge in [0.05, 0.1) is 11.4 Å². The minimum absolute atomic E-state index is 0.105. The molecule has 0 radical (unpaired) electrons. The predicted octanol–water partition coefficient (Wildman–Crippen LogP) is 2.57. The second-order valence-corrected chi connectivity index (χ2v) is 5.66. The van der Waals surface area contributed by atoms with Gasteiger partial charge < -0.3 is 5.32 Å². The van der Waals surface area contributed by atoms with E-state index in [4.69, 9.17) is 0 Å². The van der Waals surface area contributed by atoms with Crippen LogP contribution in [0.25, 0.3) is 0 Å². The fourth-order valence-corrected chi connectivity index (χ4v) is 2.81. The number of aromatic nitrogens is 4. The summed E-state index contributed by atoms with van der Waals surface area (Å²) in [5.41, 5.74) is 0.168. The van der Waals surface area contributed by atoms with E-state index in [1.54, 1.807) is 16.8 Å². The number of nitrogens with zero attached hydrogens (tertiary/aromatic N) is 4. The Balaban J connectivity index is 1.67. The topological polar surface area (TPSA) is 64.7 Å². The fourth-order valence-electron chi connectivity index (χ4n) is 2.03. The number of carbonyl (C=O) groups excluding carboxylic acids is 1. The minimum atomic E-state index is -0.461. The third kappa shape index (κ3) is 3.42. The van der Waals surface area contributed by atoms with Crippen molar-refractivity contribution in [1.29, 1.82) is 0 Å². The van der Waals surface area contributed by atoms with Gasteiger partial charge in [-0.3, -0.25) is 9.47 Å². The molecule has 23 heavy (non-hydrogen) atoms. The number of benzene rings is 1. The Hall–Kier alpha value is -2.61. The lowest BCUT2D eigenvalue weighted by molar-refractivity contribution is -0.113. The summed E-state index contributed by atoms with van der Waals surface area (Å²) in [5.74, 6) is 0.0449. The third-order valence-corrected chi connectivity index (χ3v) is 3.99. The highest BCUT2D eigenvalue weighted by Gasteiger charge is 2.13. The zero-order chi connectivity index (χ0) is 16.2. The van der Waals surface area contributed by atoms with Crippen LogP contribution in [0.2, 0.25) is 0 Å². The largest absolute Gasteiger partial charge is 0.323 e. The highest BCUT2D eigenvalue weighted by molar-refractivity contribution is 7.99. The maximum absolute atomic E-state index is 13.5. The summed E-state index contributed by atoms with van der Waals surface area (Å²) in [5, 5.41) is 11.2. The number of hydrogen-bond acceptors (Lipinski definition) is 4. The van der Waals surface area contributed by atoms with Crippen LogP contribution in [0.1, 0.15) is 5.82 Å². The maximum Gasteiger partial charge on any atom is 0.234 e. The molecule has 6 nitrogen and oxygen atoms in total. The van der Waals surface area contributed by atoms with Crippen molar-refractivity contribution in [3.8, 4) is 0 Å². The van der Waals surface area contributed by atoms with Gasteiger partial charge in [0.15, 0.2) is 5.82 Å². The molecule has 8 heteroatoms. The summed E-state index contributed by atoms with van der Waals surface area (Å²) >= 11 is 1.23. The van der Waals surface area contributed by atoms with Gasteiger partial charge in [0.25, 0.3) is 0 Å². The van der Waals surface area contributed by atoms with E-state index in [2.05, 4.69) is 15.5 Å². The molecule has 1 amide bonds. The van der Waals surface area contributed by atoms with Gasteiger partial charge in [-0.2, -0.15) is 0 Å². The Morgan fingerprint density at radius 2 is 1.96 bits per heavy atom. The summed E-state index contributed by atoms with van der Waals surface area (Å²) in [4.78, 5) is 12.0. The molecule has 0 aliphatic heterocycles. The molecular formula is C15H14FN5OS. The predicted molar refractivity (Wildman–Crippen MR) is 85.7 cm³/mol. The van der Waals surface area contributed by atoms with Gasteiger partial charge in [-0.1, -0.05) is 23.9 Å². The first-order valence-corrected chi connectivity index (χ1v) is 7.86. The Bertz CT molecular complexity index is 815. The molecule has 0 saturated carbocycles. The second-order valence-electron chi connectivity index (χ2n) is 4.72. The van der Waals surface area contributed by atoms with Crippen LogP contribution in [0.3, 0.4) is 0 Å². The lowest BCUT2D eigenvalue weighted by atomic mass is 10.3. The van der Waals surface area contributed by atoms with E-state index >= 15 is 0 Å². The van der Waals surface area contributed by atoms with E-state index in [-0.39, 0.29) is 17.3 Å². The van der Waals surface area contributed by atoms with E-state index < -0.39 is 5.82 Å². The van der Waals surface area contributed by atoms with E-state index in [1.165, 1.54) is 23.9 Å². The molecule has 0 aliphatic carbocycles. The van der Waals surface area contributed by atoms with Crippen LogP contribution in [0, 0.1) is 12.7 Å². The SMILES string of the molecule is Cc1nnc(SCC(=O)Nc2ccccc2F)n1-n1cccc1. The van der Waals surface area contributed by atoms with E-state index in [9.17, 15) is 9.18 Å². The molecule has 0 fully saturated rings. The minimum Gasteiger partial charge on any atom is -0.323 e. The number of amides is 1. The standard InChI is InChI=1S/C15H14FN5OS/c1-11-18-19-15(21(11)20-8-4-5-9-20)23-10-14(22)17-13-7-3-2-6-12(13)16/h2-9H,10H2,1H3,(H,17,22). The number of carbonyl (C=O) groups is 1. The highest BCUT2D eigenvalue weighted by atomic mass is 32.2. The quantitative estimate of drug-likeness (QED) is 0.730. The van der Waals surface area contributed by atoms with Crippen molar-refractivity contribution >= 4 is 23.4 Å². The summed E-state index contributed by atoms with van der Waals surface area (Å²) in [6, 6.07) is 9.83. The Morgan fingerprint density at radius 3 is 2.70 bits per heavy atom. The van der Waals surface area contributed by atoms with Gasteiger partial charge in [-0.15, -0.1) is 10.2 Å². The Labute approximate surface area is 136 Å². The van der Waals surface area contributed by atoms with Crippen molar-refractivity contribution in [2.75, 3.05) is 11.1 Å². The lowest BCUT2D eigenvalue weighted by Crippen LogP contribution is -2.16. The average molecular weight is 331 g/mol. The van der Waals surface area contributed by atoms with Crippen molar-refractivity contribution in [1.82, 2.24) is 19.5 Å². The zero-order valence-electron chi connectivity index (χ0n) is 12.3. The number of thioether (sulfide) groups is 1. The summed E-state index contributed by atoms with van der Waals surface area (Å²) in [7, 11) is 0. The van der Waals surface area contributed by atoms with Crippen LogP contribution in [-0.4, -0.2) is 31.2 Å². The molecule has 0 spiro atoms. The molecule has 1 aromatic carbocycles. The Kier molecular flexibility index (Phi) is 4.42. The van der Waals surface area contributed by atoms with Crippen LogP contribution in [-0.2, 0) is 4.79 Å². The number of halogens is 1. The van der Waals surface area contributed by atoms with Crippen LogP contribution >= 0.6 is 11.8 Å². The summed E-state index contributed by atoms with van der Waals surface area (Å²) in [6.07, 6.45) is 3.72. The molecule has 0 saturated heterocycles. The van der Waals surface area contributed by atoms with Crippen molar-refractivity contribution in [2.45, 2.75) is 12.1 Å². The van der Waals surface area contributed by atoms with Crippen molar-refractivity contribution < 1.29 is 9.18 Å². The van der Waals surface area contributed by atoms with Crippen LogP contribution in [0.5, 0.6) is 0 Å². The third-order valence-electron chi connectivity index (χ3n) is 3.07. The maximum atomic E-state index is 13.5. The fraction of sp³-hybridized carbons (Fsp3) is 0.133. The molecule has 0 atom stereocenters. The summed E-state index contributed by atoms with van der Waals surface area (Å²) in [6.45, 7) is 1.83. The molecule has 3 rings (SSSR count). The zero-order valence-corrected chi connectivity index (χ0v) is 13.1. The van der Waals surface area contributed by atoms with Gasteiger partial charge in [0, 0.05) is 12.4 Å². The van der Waals surface area contributed by atoms with Gasteiger partial charge in [-0.25, -0.2) is 9.07 Å². The molecule has 118 valence electrons. The first-order valence-electron chi connectivity index (χ1n) is 6.88. The molecule has 0 aliphatic rings. The first kappa shape index (κ1) is 15.3.